The predicted molar refractivity (Wildman–Crippen MR) is 76.5 cm³/mol. The van der Waals surface area contributed by atoms with Crippen LogP contribution in [0.3, 0.4) is 0 Å². The van der Waals surface area contributed by atoms with Crippen LogP contribution < -0.4 is 0 Å². The van der Waals surface area contributed by atoms with Crippen molar-refractivity contribution in [3.05, 3.63) is 24.3 Å². The topological polar surface area (TPSA) is 80.9 Å². The molecule has 0 radical (unpaired) electrons. The van der Waals surface area contributed by atoms with Crippen molar-refractivity contribution < 1.29 is 9.90 Å². The molecule has 1 unspecified atom stereocenters. The van der Waals surface area contributed by atoms with Crippen LogP contribution in [-0.2, 0) is 11.3 Å². The second-order valence-corrected chi connectivity index (χ2v) is 5.44. The molecule has 1 aromatic heterocycles. The van der Waals surface area contributed by atoms with E-state index in [1.54, 1.807) is 16.4 Å². The zero-order valence-electron chi connectivity index (χ0n) is 11.4. The number of rotatable bonds is 6. The Morgan fingerprint density at radius 1 is 1.45 bits per heavy atom. The maximum absolute atomic E-state index is 10.7. The summed E-state index contributed by atoms with van der Waals surface area (Å²) in [6.45, 7) is 2.36. The molecule has 1 atom stereocenters. The van der Waals surface area contributed by atoms with Crippen molar-refractivity contribution in [1.29, 1.82) is 0 Å². The van der Waals surface area contributed by atoms with E-state index in [0.717, 1.165) is 10.5 Å². The number of nitrogens with zero attached hydrogens (tertiary/aromatic N) is 4. The van der Waals surface area contributed by atoms with Gasteiger partial charge in [0.2, 0.25) is 0 Å². The summed E-state index contributed by atoms with van der Waals surface area (Å²) in [5.41, 5.74) is 0.965. The number of aromatic nitrogens is 4. The van der Waals surface area contributed by atoms with Gasteiger partial charge in [-0.2, -0.15) is 0 Å². The highest BCUT2D eigenvalue weighted by Gasteiger charge is 2.16. The molecule has 1 aromatic carbocycles. The number of carbonyl (C=O) groups is 1. The number of hydrogen-bond donors (Lipinski definition) is 1. The average molecular weight is 292 g/mol. The third kappa shape index (κ3) is 3.36. The lowest BCUT2D eigenvalue weighted by atomic mass is 10.1. The quantitative estimate of drug-likeness (QED) is 0.822. The number of tetrazole rings is 1. The summed E-state index contributed by atoms with van der Waals surface area (Å²) in [6.07, 6.45) is 2.10. The second-order valence-electron chi connectivity index (χ2n) is 4.59. The van der Waals surface area contributed by atoms with Crippen molar-refractivity contribution in [2.45, 2.75) is 24.8 Å². The van der Waals surface area contributed by atoms with E-state index in [-0.39, 0.29) is 12.3 Å². The summed E-state index contributed by atoms with van der Waals surface area (Å²) >= 11 is 1.63. The monoisotopic (exact) mass is 292 g/mol. The van der Waals surface area contributed by atoms with E-state index in [4.69, 9.17) is 5.11 Å². The van der Waals surface area contributed by atoms with Crippen LogP contribution in [0.2, 0.25) is 0 Å². The molecule has 7 heteroatoms. The van der Waals surface area contributed by atoms with Gasteiger partial charge in [-0.25, -0.2) is 4.68 Å². The van der Waals surface area contributed by atoms with Crippen LogP contribution in [0.25, 0.3) is 11.4 Å². The number of hydrogen-bond acceptors (Lipinski definition) is 5. The summed E-state index contributed by atoms with van der Waals surface area (Å²) in [4.78, 5) is 11.8. The first-order valence-electron chi connectivity index (χ1n) is 6.23. The Labute approximate surface area is 121 Å². The Bertz CT molecular complexity index is 600. The van der Waals surface area contributed by atoms with Crippen LogP contribution in [0.15, 0.2) is 29.2 Å². The molecular formula is C13H16N4O2S. The van der Waals surface area contributed by atoms with Gasteiger partial charge in [-0.1, -0.05) is 19.1 Å². The van der Waals surface area contributed by atoms with Gasteiger partial charge in [-0.15, -0.1) is 16.9 Å². The summed E-state index contributed by atoms with van der Waals surface area (Å²) in [5, 5.41) is 20.6. The normalized spacial score (nSPS) is 12.3. The minimum Gasteiger partial charge on any atom is -0.481 e. The Morgan fingerprint density at radius 2 is 2.20 bits per heavy atom. The SMILES string of the molecule is CSc1ccccc1-c1nnnn1CC(C)CC(=O)O. The fourth-order valence-electron chi connectivity index (χ4n) is 2.01. The van der Waals surface area contributed by atoms with Gasteiger partial charge in [0.1, 0.15) is 0 Å². The predicted octanol–water partition coefficient (Wildman–Crippen LogP) is 2.17. The number of thioether (sulfide) groups is 1. The Hall–Kier alpha value is -1.89. The van der Waals surface area contributed by atoms with Crippen molar-refractivity contribution in [3.8, 4) is 11.4 Å². The van der Waals surface area contributed by atoms with Gasteiger partial charge in [0, 0.05) is 23.4 Å². The maximum Gasteiger partial charge on any atom is 0.303 e. The lowest BCUT2D eigenvalue weighted by molar-refractivity contribution is -0.138. The van der Waals surface area contributed by atoms with Crippen LogP contribution in [0.1, 0.15) is 13.3 Å². The molecule has 20 heavy (non-hydrogen) atoms. The van der Waals surface area contributed by atoms with E-state index in [2.05, 4.69) is 15.5 Å². The molecule has 6 nitrogen and oxygen atoms in total. The van der Waals surface area contributed by atoms with Crippen LogP contribution >= 0.6 is 11.8 Å². The van der Waals surface area contributed by atoms with Gasteiger partial charge in [-0.05, 0) is 34.7 Å². The molecular weight excluding hydrogens is 276 g/mol. The first-order valence-corrected chi connectivity index (χ1v) is 7.45. The van der Waals surface area contributed by atoms with Crippen molar-refractivity contribution in [3.63, 3.8) is 0 Å². The molecule has 0 fully saturated rings. The van der Waals surface area contributed by atoms with E-state index in [9.17, 15) is 4.79 Å². The number of benzene rings is 1. The fourth-order valence-corrected chi connectivity index (χ4v) is 2.60. The Balaban J connectivity index is 2.26. The molecule has 1 N–H and O–H groups in total. The van der Waals surface area contributed by atoms with Crippen LogP contribution in [0.4, 0.5) is 0 Å². The average Bonchev–Trinajstić information content (AvgIpc) is 2.85. The minimum absolute atomic E-state index is 0.0313. The number of carboxylic acids is 1. The maximum atomic E-state index is 10.7. The van der Waals surface area contributed by atoms with Gasteiger partial charge < -0.3 is 5.11 Å². The van der Waals surface area contributed by atoms with E-state index in [1.807, 2.05) is 37.4 Å². The Morgan fingerprint density at radius 3 is 2.90 bits per heavy atom. The van der Waals surface area contributed by atoms with Gasteiger partial charge in [0.25, 0.3) is 0 Å². The summed E-state index contributed by atoms with van der Waals surface area (Å²) < 4.78 is 1.67. The summed E-state index contributed by atoms with van der Waals surface area (Å²) in [6, 6.07) is 7.89. The molecule has 0 aliphatic carbocycles. The molecule has 1 heterocycles. The van der Waals surface area contributed by atoms with Crippen molar-refractivity contribution in [2.75, 3.05) is 6.26 Å². The van der Waals surface area contributed by atoms with Crippen LogP contribution in [-0.4, -0.2) is 37.5 Å². The first kappa shape index (κ1) is 14.5. The molecule has 0 saturated carbocycles. The van der Waals surface area contributed by atoms with Crippen LogP contribution in [0, 0.1) is 5.92 Å². The molecule has 0 aliphatic heterocycles. The smallest absolute Gasteiger partial charge is 0.303 e. The van der Waals surface area contributed by atoms with E-state index in [0.29, 0.717) is 12.4 Å². The standard InChI is InChI=1S/C13H16N4O2S/c1-9(7-12(18)19)8-17-13(14-15-16-17)10-5-3-4-6-11(10)20-2/h3-6,9H,7-8H2,1-2H3,(H,18,19). The molecule has 0 spiro atoms. The van der Waals surface area contributed by atoms with Gasteiger partial charge in [0.05, 0.1) is 0 Å². The van der Waals surface area contributed by atoms with Gasteiger partial charge >= 0.3 is 5.97 Å². The zero-order valence-corrected chi connectivity index (χ0v) is 12.2. The highest BCUT2D eigenvalue weighted by atomic mass is 32.2. The summed E-state index contributed by atoms with van der Waals surface area (Å²) in [7, 11) is 0. The summed E-state index contributed by atoms with van der Waals surface area (Å²) in [5.74, 6) is -0.167. The lowest BCUT2D eigenvalue weighted by Crippen LogP contribution is -2.14. The second kappa shape index (κ2) is 6.51. The third-order valence-electron chi connectivity index (χ3n) is 2.89. The van der Waals surface area contributed by atoms with Gasteiger partial charge in [0.15, 0.2) is 5.82 Å². The number of aliphatic carboxylic acids is 1. The zero-order chi connectivity index (χ0) is 14.5. The molecule has 0 amide bonds. The lowest BCUT2D eigenvalue weighted by Gasteiger charge is -2.11. The Kier molecular flexibility index (Phi) is 4.73. The largest absolute Gasteiger partial charge is 0.481 e. The molecule has 0 bridgehead atoms. The molecule has 106 valence electrons. The van der Waals surface area contributed by atoms with Crippen molar-refractivity contribution >= 4 is 17.7 Å². The molecule has 2 rings (SSSR count). The fraction of sp³-hybridized carbons (Fsp3) is 0.385. The van der Waals surface area contributed by atoms with Gasteiger partial charge in [-0.3, -0.25) is 4.79 Å². The highest BCUT2D eigenvalue weighted by Crippen LogP contribution is 2.28. The van der Waals surface area contributed by atoms with Crippen molar-refractivity contribution in [2.24, 2.45) is 5.92 Å². The van der Waals surface area contributed by atoms with E-state index >= 15 is 0 Å². The molecule has 0 saturated heterocycles. The molecule has 0 aliphatic rings. The highest BCUT2D eigenvalue weighted by molar-refractivity contribution is 7.98. The molecule has 2 aromatic rings. The third-order valence-corrected chi connectivity index (χ3v) is 3.68. The first-order chi connectivity index (χ1) is 9.61. The van der Waals surface area contributed by atoms with E-state index < -0.39 is 5.97 Å². The number of carboxylic acid groups (broad SMARTS) is 1. The van der Waals surface area contributed by atoms with E-state index in [1.165, 1.54) is 0 Å². The minimum atomic E-state index is -0.809. The van der Waals surface area contributed by atoms with Crippen molar-refractivity contribution in [1.82, 2.24) is 20.2 Å². The van der Waals surface area contributed by atoms with Crippen LogP contribution in [0.5, 0.6) is 0 Å².